The number of anilines is 1. The molecule has 0 unspecified atom stereocenters. The monoisotopic (exact) mass is 417 g/mol. The highest BCUT2D eigenvalue weighted by molar-refractivity contribution is 6.04. The second-order valence-corrected chi connectivity index (χ2v) is 8.10. The Morgan fingerprint density at radius 1 is 1.13 bits per heavy atom. The topological polar surface area (TPSA) is 84.1 Å². The molecular weight excluding hydrogens is 390 g/mol. The van der Waals surface area contributed by atoms with Crippen molar-refractivity contribution in [2.75, 3.05) is 11.9 Å². The van der Waals surface area contributed by atoms with Gasteiger partial charge in [0.05, 0.1) is 6.61 Å². The summed E-state index contributed by atoms with van der Waals surface area (Å²) in [6.45, 7) is 2.60. The van der Waals surface area contributed by atoms with E-state index in [0.29, 0.717) is 29.8 Å². The van der Waals surface area contributed by atoms with Crippen LogP contribution >= 0.6 is 0 Å². The molecule has 0 aliphatic heterocycles. The molecule has 1 aliphatic carbocycles. The Balaban J connectivity index is 1.47. The first-order valence-corrected chi connectivity index (χ1v) is 10.8. The summed E-state index contributed by atoms with van der Waals surface area (Å²) in [5, 5.41) is 2.73. The zero-order valence-corrected chi connectivity index (χ0v) is 17.7. The van der Waals surface area contributed by atoms with E-state index in [1.807, 2.05) is 31.2 Å². The lowest BCUT2D eigenvalue weighted by Gasteiger charge is -2.22. The van der Waals surface area contributed by atoms with E-state index < -0.39 is 11.5 Å². The fraction of sp³-hybridized carbons (Fsp3) is 0.320. The molecule has 2 heterocycles. The zero-order valence-electron chi connectivity index (χ0n) is 17.7. The van der Waals surface area contributed by atoms with Gasteiger partial charge in [0, 0.05) is 11.9 Å². The van der Waals surface area contributed by atoms with Gasteiger partial charge < -0.3 is 15.0 Å². The standard InChI is InChI=1S/C25H27N3O3/c1-17-7-5-10-19(15-17)21-13-12-20(24(29)27-21)25(30)28-23-22(11-6-14-26-23)31-16-18-8-3-2-4-9-18/h5-7,10-15,18H,2-4,8-9,16H2,1H3,(H,27,29)(H,26,28,30). The second kappa shape index (κ2) is 9.60. The molecule has 2 N–H and O–H groups in total. The largest absolute Gasteiger partial charge is 0.489 e. The van der Waals surface area contributed by atoms with Gasteiger partial charge >= 0.3 is 0 Å². The molecule has 4 rings (SSSR count). The molecule has 6 heteroatoms. The normalized spacial score (nSPS) is 14.2. The minimum atomic E-state index is -0.516. The van der Waals surface area contributed by atoms with Crippen molar-refractivity contribution in [2.45, 2.75) is 39.0 Å². The summed E-state index contributed by atoms with van der Waals surface area (Å²) >= 11 is 0. The Bertz CT molecular complexity index is 1120. The Labute approximate surface area is 181 Å². The number of carbonyl (C=O) groups is 1. The maximum atomic E-state index is 12.8. The molecule has 2 aromatic heterocycles. The highest BCUT2D eigenvalue weighted by Crippen LogP contribution is 2.27. The van der Waals surface area contributed by atoms with Gasteiger partial charge in [0.15, 0.2) is 11.6 Å². The van der Waals surface area contributed by atoms with Crippen LogP contribution in [0.15, 0.2) is 59.5 Å². The van der Waals surface area contributed by atoms with E-state index in [9.17, 15) is 9.59 Å². The second-order valence-electron chi connectivity index (χ2n) is 8.10. The van der Waals surface area contributed by atoms with Crippen molar-refractivity contribution >= 4 is 11.7 Å². The van der Waals surface area contributed by atoms with Gasteiger partial charge in [-0.25, -0.2) is 4.98 Å². The molecule has 31 heavy (non-hydrogen) atoms. The molecule has 1 aliphatic rings. The minimum absolute atomic E-state index is 0.0280. The first-order chi connectivity index (χ1) is 15.1. The van der Waals surface area contributed by atoms with Crippen LogP contribution in [-0.2, 0) is 0 Å². The number of aromatic nitrogens is 2. The summed E-state index contributed by atoms with van der Waals surface area (Å²) in [7, 11) is 0. The summed E-state index contributed by atoms with van der Waals surface area (Å²) in [4.78, 5) is 32.4. The van der Waals surface area contributed by atoms with E-state index in [0.717, 1.165) is 11.1 Å². The van der Waals surface area contributed by atoms with Crippen LogP contribution in [0.3, 0.4) is 0 Å². The maximum absolute atomic E-state index is 12.8. The average Bonchev–Trinajstić information content (AvgIpc) is 2.79. The summed E-state index contributed by atoms with van der Waals surface area (Å²) in [6, 6.07) is 14.7. The van der Waals surface area contributed by atoms with Crippen molar-refractivity contribution in [3.63, 3.8) is 0 Å². The molecule has 160 valence electrons. The third-order valence-electron chi connectivity index (χ3n) is 5.69. The molecule has 1 aromatic carbocycles. The van der Waals surface area contributed by atoms with Crippen LogP contribution in [0.1, 0.15) is 48.0 Å². The summed E-state index contributed by atoms with van der Waals surface area (Å²) in [5.41, 5.74) is 2.24. The number of aryl methyl sites for hydroxylation is 1. The van der Waals surface area contributed by atoms with Crippen LogP contribution in [0.5, 0.6) is 5.75 Å². The Hall–Kier alpha value is -3.41. The van der Waals surface area contributed by atoms with Crippen molar-refractivity contribution in [2.24, 2.45) is 5.92 Å². The van der Waals surface area contributed by atoms with Gasteiger partial charge in [0.25, 0.3) is 11.5 Å². The van der Waals surface area contributed by atoms with Gasteiger partial charge in [-0.3, -0.25) is 9.59 Å². The molecular formula is C25H27N3O3. The number of amides is 1. The highest BCUT2D eigenvalue weighted by atomic mass is 16.5. The minimum Gasteiger partial charge on any atom is -0.489 e. The van der Waals surface area contributed by atoms with E-state index in [2.05, 4.69) is 15.3 Å². The third kappa shape index (κ3) is 5.20. The SMILES string of the molecule is Cc1cccc(-c2ccc(C(=O)Nc3ncccc3OCC3CCCCC3)c(=O)[nH]2)c1. The summed E-state index contributed by atoms with van der Waals surface area (Å²) in [6.07, 6.45) is 7.71. The fourth-order valence-electron chi connectivity index (χ4n) is 3.97. The molecule has 0 bridgehead atoms. The molecule has 6 nitrogen and oxygen atoms in total. The molecule has 1 saturated carbocycles. The van der Waals surface area contributed by atoms with Crippen molar-refractivity contribution in [1.82, 2.24) is 9.97 Å². The molecule has 0 radical (unpaired) electrons. The van der Waals surface area contributed by atoms with E-state index in [4.69, 9.17) is 4.74 Å². The number of ether oxygens (including phenoxy) is 1. The van der Waals surface area contributed by atoms with Gasteiger partial charge in [0.1, 0.15) is 5.56 Å². The highest BCUT2D eigenvalue weighted by Gasteiger charge is 2.17. The van der Waals surface area contributed by atoms with Gasteiger partial charge in [-0.15, -0.1) is 0 Å². The smallest absolute Gasteiger partial charge is 0.262 e. The number of pyridine rings is 2. The molecule has 0 atom stereocenters. The molecule has 1 fully saturated rings. The quantitative estimate of drug-likeness (QED) is 0.594. The van der Waals surface area contributed by atoms with Crippen LogP contribution in [0.2, 0.25) is 0 Å². The van der Waals surface area contributed by atoms with Gasteiger partial charge in [-0.05, 0) is 61.6 Å². The van der Waals surface area contributed by atoms with Gasteiger partial charge in [-0.2, -0.15) is 0 Å². The zero-order chi connectivity index (χ0) is 21.6. The number of rotatable bonds is 6. The first-order valence-electron chi connectivity index (χ1n) is 10.8. The summed E-state index contributed by atoms with van der Waals surface area (Å²) < 4.78 is 5.97. The number of nitrogens with zero attached hydrogens (tertiary/aromatic N) is 1. The van der Waals surface area contributed by atoms with Crippen molar-refractivity contribution in [3.05, 3.63) is 76.2 Å². The van der Waals surface area contributed by atoms with Gasteiger partial charge in [-0.1, -0.05) is 43.0 Å². The molecule has 0 saturated heterocycles. The van der Waals surface area contributed by atoms with Crippen LogP contribution in [-0.4, -0.2) is 22.5 Å². The van der Waals surface area contributed by atoms with Gasteiger partial charge in [0.2, 0.25) is 0 Å². The number of H-pyrrole nitrogens is 1. The van der Waals surface area contributed by atoms with E-state index >= 15 is 0 Å². The first kappa shape index (κ1) is 20.8. The number of nitrogens with one attached hydrogen (secondary N) is 2. The Morgan fingerprint density at radius 3 is 2.74 bits per heavy atom. The lowest BCUT2D eigenvalue weighted by Crippen LogP contribution is -2.24. The number of carbonyl (C=O) groups excluding carboxylic acids is 1. The lowest BCUT2D eigenvalue weighted by atomic mass is 9.90. The fourth-order valence-corrected chi connectivity index (χ4v) is 3.97. The third-order valence-corrected chi connectivity index (χ3v) is 5.69. The maximum Gasteiger partial charge on any atom is 0.262 e. The average molecular weight is 418 g/mol. The number of benzene rings is 1. The molecule has 0 spiro atoms. The van der Waals surface area contributed by atoms with Crippen LogP contribution in [0.25, 0.3) is 11.3 Å². The number of hydrogen-bond acceptors (Lipinski definition) is 4. The number of hydrogen-bond donors (Lipinski definition) is 2. The number of aromatic amines is 1. The lowest BCUT2D eigenvalue weighted by molar-refractivity contribution is 0.102. The predicted molar refractivity (Wildman–Crippen MR) is 121 cm³/mol. The van der Waals surface area contributed by atoms with Crippen LogP contribution in [0.4, 0.5) is 5.82 Å². The summed E-state index contributed by atoms with van der Waals surface area (Å²) in [5.74, 6) is 0.868. The molecule has 3 aromatic rings. The van der Waals surface area contributed by atoms with E-state index in [1.54, 1.807) is 24.4 Å². The predicted octanol–water partition coefficient (Wildman–Crippen LogP) is 4.96. The van der Waals surface area contributed by atoms with E-state index in [1.165, 1.54) is 38.2 Å². The van der Waals surface area contributed by atoms with Crippen LogP contribution in [0, 0.1) is 12.8 Å². The van der Waals surface area contributed by atoms with Crippen LogP contribution < -0.4 is 15.6 Å². The Morgan fingerprint density at radius 2 is 1.97 bits per heavy atom. The van der Waals surface area contributed by atoms with Crippen molar-refractivity contribution in [3.8, 4) is 17.0 Å². The molecule has 1 amide bonds. The Kier molecular flexibility index (Phi) is 6.46. The van der Waals surface area contributed by atoms with Crippen molar-refractivity contribution < 1.29 is 9.53 Å². The van der Waals surface area contributed by atoms with E-state index in [-0.39, 0.29) is 5.56 Å². The van der Waals surface area contributed by atoms with Crippen molar-refractivity contribution in [1.29, 1.82) is 0 Å².